The fraction of sp³-hybridized carbons (Fsp3) is 0.300. The fourth-order valence-electron chi connectivity index (χ4n) is 1.21. The minimum atomic E-state index is 0.194. The Kier molecular flexibility index (Phi) is 4.59. The Balaban J connectivity index is 2.86. The molecule has 0 atom stereocenters. The summed E-state index contributed by atoms with van der Waals surface area (Å²) in [6.07, 6.45) is 0.800. The van der Waals surface area contributed by atoms with Crippen molar-refractivity contribution in [1.82, 2.24) is 5.43 Å². The van der Waals surface area contributed by atoms with Crippen LogP contribution in [0.25, 0.3) is 0 Å². The third-order valence-corrected chi connectivity index (χ3v) is 1.96. The van der Waals surface area contributed by atoms with E-state index in [-0.39, 0.29) is 5.96 Å². The van der Waals surface area contributed by atoms with Gasteiger partial charge in [0.25, 0.3) is 0 Å². The van der Waals surface area contributed by atoms with Crippen LogP contribution in [0.5, 0.6) is 0 Å². The summed E-state index contributed by atoms with van der Waals surface area (Å²) in [5, 5.41) is 0. The molecule has 5 heteroatoms. The number of nitrogens with one attached hydrogen (secondary N) is 1. The van der Waals surface area contributed by atoms with Gasteiger partial charge in [-0.1, -0.05) is 18.2 Å². The van der Waals surface area contributed by atoms with Gasteiger partial charge in [0.2, 0.25) is 5.96 Å². The highest BCUT2D eigenvalue weighted by atomic mass is 16.5. The van der Waals surface area contributed by atoms with Gasteiger partial charge in [-0.05, 0) is 18.1 Å². The van der Waals surface area contributed by atoms with Crippen LogP contribution in [0, 0.1) is 0 Å². The van der Waals surface area contributed by atoms with Crippen molar-refractivity contribution in [2.45, 2.75) is 6.42 Å². The number of ether oxygens (including phenoxy) is 1. The van der Waals surface area contributed by atoms with Gasteiger partial charge < -0.3 is 10.5 Å². The van der Waals surface area contributed by atoms with E-state index in [0.29, 0.717) is 6.61 Å². The van der Waals surface area contributed by atoms with Crippen LogP contribution in [0.1, 0.15) is 5.56 Å². The van der Waals surface area contributed by atoms with E-state index in [4.69, 9.17) is 16.3 Å². The molecule has 0 aliphatic heterocycles. The maximum Gasteiger partial charge on any atom is 0.208 e. The monoisotopic (exact) mass is 208 g/mol. The Morgan fingerprint density at radius 1 is 1.47 bits per heavy atom. The average Bonchev–Trinajstić information content (AvgIpc) is 2.28. The van der Waals surface area contributed by atoms with Gasteiger partial charge >= 0.3 is 0 Å². The second kappa shape index (κ2) is 6.00. The molecule has 0 bridgehead atoms. The largest absolute Gasteiger partial charge is 0.384 e. The summed E-state index contributed by atoms with van der Waals surface area (Å²) in [7, 11) is 1.67. The van der Waals surface area contributed by atoms with Gasteiger partial charge in [0.05, 0.1) is 12.3 Å². The molecule has 0 unspecified atom stereocenters. The number of guanidine groups is 1. The number of para-hydroxylation sites is 1. The van der Waals surface area contributed by atoms with Crippen LogP contribution in [0.3, 0.4) is 0 Å². The molecule has 5 N–H and O–H groups in total. The standard InChI is InChI=1S/C10H16N4O/c1-15-7-6-8-4-2-3-5-9(8)13-10(11)14-12/h2-5H,6-7,12H2,1H3,(H3,11,13,14). The molecule has 0 spiro atoms. The molecular weight excluding hydrogens is 192 g/mol. The number of rotatable bonds is 4. The van der Waals surface area contributed by atoms with Crippen LogP contribution in [0.2, 0.25) is 0 Å². The molecule has 1 aromatic carbocycles. The van der Waals surface area contributed by atoms with Crippen LogP contribution < -0.4 is 17.0 Å². The second-order valence-corrected chi connectivity index (χ2v) is 3.01. The number of aliphatic imine (C=N–C) groups is 1. The topological polar surface area (TPSA) is 85.7 Å². The van der Waals surface area contributed by atoms with Gasteiger partial charge in [-0.15, -0.1) is 0 Å². The van der Waals surface area contributed by atoms with Crippen molar-refractivity contribution < 1.29 is 4.74 Å². The van der Waals surface area contributed by atoms with Crippen molar-refractivity contribution in [2.75, 3.05) is 13.7 Å². The fourth-order valence-corrected chi connectivity index (χ4v) is 1.21. The summed E-state index contributed by atoms with van der Waals surface area (Å²) in [5.74, 6) is 5.33. The predicted molar refractivity (Wildman–Crippen MR) is 60.6 cm³/mol. The lowest BCUT2D eigenvalue weighted by molar-refractivity contribution is 0.202. The molecule has 0 heterocycles. The Bertz CT molecular complexity index is 338. The van der Waals surface area contributed by atoms with Crippen molar-refractivity contribution in [3.05, 3.63) is 29.8 Å². The van der Waals surface area contributed by atoms with E-state index in [9.17, 15) is 0 Å². The molecule has 1 aromatic rings. The van der Waals surface area contributed by atoms with E-state index in [1.807, 2.05) is 24.3 Å². The maximum atomic E-state index is 5.49. The molecule has 5 nitrogen and oxygen atoms in total. The molecule has 0 saturated heterocycles. The molecule has 15 heavy (non-hydrogen) atoms. The summed E-state index contributed by atoms with van der Waals surface area (Å²) < 4.78 is 5.01. The van der Waals surface area contributed by atoms with E-state index in [1.165, 1.54) is 0 Å². The first-order valence-corrected chi connectivity index (χ1v) is 4.65. The lowest BCUT2D eigenvalue weighted by atomic mass is 10.1. The van der Waals surface area contributed by atoms with Crippen LogP contribution in [0.15, 0.2) is 29.3 Å². The number of nitrogens with zero attached hydrogens (tertiary/aromatic N) is 1. The Morgan fingerprint density at radius 2 is 2.20 bits per heavy atom. The summed E-state index contributed by atoms with van der Waals surface area (Å²) in [6, 6.07) is 7.73. The normalized spacial score (nSPS) is 11.5. The van der Waals surface area contributed by atoms with Gasteiger partial charge in [0, 0.05) is 7.11 Å². The molecular formula is C10H16N4O. The van der Waals surface area contributed by atoms with Gasteiger partial charge in [-0.3, -0.25) is 5.43 Å². The van der Waals surface area contributed by atoms with Crippen molar-refractivity contribution in [3.8, 4) is 0 Å². The molecule has 0 aliphatic rings. The summed E-state index contributed by atoms with van der Waals surface area (Å²) in [6.45, 7) is 0.655. The summed E-state index contributed by atoms with van der Waals surface area (Å²) >= 11 is 0. The first-order valence-electron chi connectivity index (χ1n) is 4.65. The minimum Gasteiger partial charge on any atom is -0.384 e. The van der Waals surface area contributed by atoms with Gasteiger partial charge in [0.1, 0.15) is 0 Å². The second-order valence-electron chi connectivity index (χ2n) is 3.01. The number of methoxy groups -OCH3 is 1. The smallest absolute Gasteiger partial charge is 0.208 e. The molecule has 0 saturated carbocycles. The van der Waals surface area contributed by atoms with Crippen LogP contribution in [-0.2, 0) is 11.2 Å². The maximum absolute atomic E-state index is 5.49. The van der Waals surface area contributed by atoms with Crippen molar-refractivity contribution >= 4 is 11.6 Å². The molecule has 0 radical (unpaired) electrons. The third-order valence-electron chi connectivity index (χ3n) is 1.96. The first kappa shape index (κ1) is 11.5. The van der Waals surface area contributed by atoms with Crippen LogP contribution in [0.4, 0.5) is 5.69 Å². The molecule has 0 aliphatic carbocycles. The van der Waals surface area contributed by atoms with E-state index in [0.717, 1.165) is 17.7 Å². The number of nitrogens with two attached hydrogens (primary N) is 2. The average molecular weight is 208 g/mol. The summed E-state index contributed by atoms with van der Waals surface area (Å²) in [5.41, 5.74) is 9.67. The minimum absolute atomic E-state index is 0.194. The van der Waals surface area contributed by atoms with Gasteiger partial charge in [0.15, 0.2) is 0 Å². The Labute approximate surface area is 89.1 Å². The van der Waals surface area contributed by atoms with Crippen molar-refractivity contribution in [3.63, 3.8) is 0 Å². The zero-order valence-corrected chi connectivity index (χ0v) is 8.73. The Morgan fingerprint density at radius 3 is 2.87 bits per heavy atom. The highest BCUT2D eigenvalue weighted by molar-refractivity contribution is 5.80. The van der Waals surface area contributed by atoms with E-state index in [2.05, 4.69) is 10.4 Å². The first-order chi connectivity index (χ1) is 7.27. The van der Waals surface area contributed by atoms with E-state index < -0.39 is 0 Å². The molecule has 1 rings (SSSR count). The van der Waals surface area contributed by atoms with Crippen molar-refractivity contribution in [1.29, 1.82) is 0 Å². The van der Waals surface area contributed by atoms with E-state index in [1.54, 1.807) is 7.11 Å². The van der Waals surface area contributed by atoms with Gasteiger partial charge in [-0.25, -0.2) is 10.8 Å². The quantitative estimate of drug-likeness (QED) is 0.287. The number of hydrazine groups is 1. The third kappa shape index (κ3) is 3.57. The van der Waals surface area contributed by atoms with Gasteiger partial charge in [-0.2, -0.15) is 0 Å². The van der Waals surface area contributed by atoms with Crippen molar-refractivity contribution in [2.24, 2.45) is 16.6 Å². The predicted octanol–water partition coefficient (Wildman–Crippen LogP) is 0.285. The number of benzene rings is 1. The lowest BCUT2D eigenvalue weighted by Gasteiger charge is -2.05. The zero-order valence-electron chi connectivity index (χ0n) is 8.73. The highest BCUT2D eigenvalue weighted by Crippen LogP contribution is 2.18. The zero-order chi connectivity index (χ0) is 11.1. The molecule has 0 fully saturated rings. The lowest BCUT2D eigenvalue weighted by Crippen LogP contribution is -2.36. The molecule has 0 aromatic heterocycles. The SMILES string of the molecule is COCCc1ccccc1N=C(N)NN. The van der Waals surface area contributed by atoms with E-state index >= 15 is 0 Å². The van der Waals surface area contributed by atoms with Crippen LogP contribution >= 0.6 is 0 Å². The summed E-state index contributed by atoms with van der Waals surface area (Å²) in [4.78, 5) is 4.13. The number of hydrogen-bond acceptors (Lipinski definition) is 3. The highest BCUT2D eigenvalue weighted by Gasteiger charge is 2.00. The Hall–Kier alpha value is -1.59. The van der Waals surface area contributed by atoms with Crippen LogP contribution in [-0.4, -0.2) is 19.7 Å². The number of hydrogen-bond donors (Lipinski definition) is 3. The molecule has 0 amide bonds. The molecule has 82 valence electrons.